The average molecular weight is 289 g/mol. The predicted molar refractivity (Wildman–Crippen MR) is 66.6 cm³/mol. The molecular weight excluding hydrogens is 275 g/mol. The van der Waals surface area contributed by atoms with Gasteiger partial charge < -0.3 is 15.7 Å². The van der Waals surface area contributed by atoms with Crippen LogP contribution >= 0.6 is 0 Å². The van der Waals surface area contributed by atoms with Gasteiger partial charge in [-0.1, -0.05) is 0 Å². The van der Waals surface area contributed by atoms with E-state index in [1.165, 1.54) is 17.2 Å². The Morgan fingerprint density at radius 3 is 2.80 bits per heavy atom. The van der Waals surface area contributed by atoms with Crippen LogP contribution in [0.2, 0.25) is 0 Å². The van der Waals surface area contributed by atoms with E-state index in [1.807, 2.05) is 0 Å². The number of piperidine rings is 1. The highest BCUT2D eigenvalue weighted by molar-refractivity contribution is 5.96. The van der Waals surface area contributed by atoms with Crippen LogP contribution in [-0.4, -0.2) is 35.3 Å². The maximum Gasteiger partial charge on any atom is 0.393 e. The summed E-state index contributed by atoms with van der Waals surface area (Å²) in [6, 6.07) is 1.23. The number of nitrogens with zero attached hydrogens (tertiary/aromatic N) is 2. The number of pyridine rings is 1. The SMILES string of the molecule is Nc1c(C(=O)O)ccnc1N1CCCC(C(F)(F)F)C1. The summed E-state index contributed by atoms with van der Waals surface area (Å²) < 4.78 is 38.3. The quantitative estimate of drug-likeness (QED) is 0.872. The maximum atomic E-state index is 12.8. The average Bonchev–Trinajstić information content (AvgIpc) is 2.38. The van der Waals surface area contributed by atoms with Gasteiger partial charge in [0.1, 0.15) is 0 Å². The van der Waals surface area contributed by atoms with E-state index in [4.69, 9.17) is 10.8 Å². The lowest BCUT2D eigenvalue weighted by Gasteiger charge is -2.35. The zero-order valence-electron chi connectivity index (χ0n) is 10.5. The molecule has 0 spiro atoms. The van der Waals surface area contributed by atoms with Crippen molar-refractivity contribution in [2.45, 2.75) is 19.0 Å². The van der Waals surface area contributed by atoms with E-state index in [1.54, 1.807) is 0 Å². The number of nitrogen functional groups attached to an aromatic ring is 1. The van der Waals surface area contributed by atoms with E-state index in [0.29, 0.717) is 13.0 Å². The van der Waals surface area contributed by atoms with Crippen LogP contribution in [0.5, 0.6) is 0 Å². The molecule has 0 amide bonds. The first-order chi connectivity index (χ1) is 9.30. The van der Waals surface area contributed by atoms with Gasteiger partial charge in [0, 0.05) is 19.3 Å². The molecule has 1 aromatic heterocycles. The van der Waals surface area contributed by atoms with Crippen molar-refractivity contribution >= 4 is 17.5 Å². The van der Waals surface area contributed by atoms with Gasteiger partial charge in [-0.15, -0.1) is 0 Å². The van der Waals surface area contributed by atoms with Crippen molar-refractivity contribution in [3.8, 4) is 0 Å². The third kappa shape index (κ3) is 2.78. The minimum atomic E-state index is -4.27. The Labute approximate surface area is 113 Å². The number of rotatable bonds is 2. The fourth-order valence-corrected chi connectivity index (χ4v) is 2.34. The number of hydrogen-bond donors (Lipinski definition) is 2. The fraction of sp³-hybridized carbons (Fsp3) is 0.500. The van der Waals surface area contributed by atoms with Crippen LogP contribution in [0.4, 0.5) is 24.7 Å². The molecule has 2 heterocycles. The molecule has 2 rings (SSSR count). The number of carbonyl (C=O) groups is 1. The topological polar surface area (TPSA) is 79.5 Å². The van der Waals surface area contributed by atoms with E-state index in [9.17, 15) is 18.0 Å². The molecule has 0 aliphatic carbocycles. The summed E-state index contributed by atoms with van der Waals surface area (Å²) in [5, 5.41) is 8.96. The van der Waals surface area contributed by atoms with Gasteiger partial charge in [0.05, 0.1) is 17.2 Å². The molecule has 1 unspecified atom stereocenters. The Hall–Kier alpha value is -1.99. The largest absolute Gasteiger partial charge is 0.478 e. The lowest BCUT2D eigenvalue weighted by Crippen LogP contribution is -2.42. The van der Waals surface area contributed by atoms with Gasteiger partial charge in [0.2, 0.25) is 0 Å². The summed E-state index contributed by atoms with van der Waals surface area (Å²) in [5.41, 5.74) is 5.46. The molecule has 3 N–H and O–H groups in total. The Morgan fingerprint density at radius 1 is 1.50 bits per heavy atom. The number of halogens is 3. The highest BCUT2D eigenvalue weighted by Crippen LogP contribution is 2.36. The molecule has 1 atom stereocenters. The van der Waals surface area contributed by atoms with E-state index >= 15 is 0 Å². The van der Waals surface area contributed by atoms with Crippen LogP contribution in [0.1, 0.15) is 23.2 Å². The van der Waals surface area contributed by atoms with Crippen molar-refractivity contribution in [1.82, 2.24) is 4.98 Å². The van der Waals surface area contributed by atoms with Crippen LogP contribution in [0.15, 0.2) is 12.3 Å². The molecule has 0 bridgehead atoms. The number of carboxylic acid groups (broad SMARTS) is 1. The van der Waals surface area contributed by atoms with Gasteiger partial charge >= 0.3 is 12.1 Å². The molecule has 5 nitrogen and oxygen atoms in total. The molecule has 1 saturated heterocycles. The molecule has 1 aliphatic heterocycles. The van der Waals surface area contributed by atoms with Crippen molar-refractivity contribution in [2.75, 3.05) is 23.7 Å². The second kappa shape index (κ2) is 5.18. The van der Waals surface area contributed by atoms with Gasteiger partial charge in [0.15, 0.2) is 5.82 Å². The lowest BCUT2D eigenvalue weighted by molar-refractivity contribution is -0.176. The molecule has 20 heavy (non-hydrogen) atoms. The minimum Gasteiger partial charge on any atom is -0.478 e. The van der Waals surface area contributed by atoms with Crippen LogP contribution in [0, 0.1) is 5.92 Å². The summed E-state index contributed by atoms with van der Waals surface area (Å²) in [7, 11) is 0. The highest BCUT2D eigenvalue weighted by atomic mass is 19.4. The first-order valence-electron chi connectivity index (χ1n) is 6.10. The fourth-order valence-electron chi connectivity index (χ4n) is 2.34. The van der Waals surface area contributed by atoms with Gasteiger partial charge in [-0.25, -0.2) is 9.78 Å². The minimum absolute atomic E-state index is 0.0680. The normalized spacial score (nSPS) is 19.9. The number of alkyl halides is 3. The van der Waals surface area contributed by atoms with E-state index in [2.05, 4.69) is 4.98 Å². The lowest BCUT2D eigenvalue weighted by atomic mass is 9.97. The van der Waals surface area contributed by atoms with Crippen molar-refractivity contribution in [3.05, 3.63) is 17.8 Å². The standard InChI is InChI=1S/C12H14F3N3O2/c13-12(14,15)7-2-1-5-18(6-7)10-9(16)8(11(19)20)3-4-17-10/h3-4,7H,1-2,5-6,16H2,(H,19,20). The zero-order valence-corrected chi connectivity index (χ0v) is 10.5. The van der Waals surface area contributed by atoms with E-state index in [-0.39, 0.29) is 30.0 Å². The molecule has 0 radical (unpaired) electrons. The Bertz CT molecular complexity index is 519. The van der Waals surface area contributed by atoms with Gasteiger partial charge in [-0.2, -0.15) is 13.2 Å². The smallest absolute Gasteiger partial charge is 0.393 e. The van der Waals surface area contributed by atoms with Crippen LogP contribution in [0.25, 0.3) is 0 Å². The van der Waals surface area contributed by atoms with Crippen molar-refractivity contribution in [2.24, 2.45) is 5.92 Å². The van der Waals surface area contributed by atoms with Crippen molar-refractivity contribution < 1.29 is 23.1 Å². The number of aromatic nitrogens is 1. The molecule has 110 valence electrons. The summed E-state index contributed by atoms with van der Waals surface area (Å²) in [5.74, 6) is -2.56. The Kier molecular flexibility index (Phi) is 3.74. The number of hydrogen-bond acceptors (Lipinski definition) is 4. The predicted octanol–water partition coefficient (Wildman–Crippen LogP) is 2.14. The maximum absolute atomic E-state index is 12.8. The zero-order chi connectivity index (χ0) is 14.9. The number of carboxylic acids is 1. The first kappa shape index (κ1) is 14.4. The third-order valence-corrected chi connectivity index (χ3v) is 3.38. The molecule has 0 aromatic carbocycles. The molecule has 8 heteroatoms. The van der Waals surface area contributed by atoms with Crippen molar-refractivity contribution in [1.29, 1.82) is 0 Å². The number of aromatic carboxylic acids is 1. The van der Waals surface area contributed by atoms with Crippen LogP contribution in [-0.2, 0) is 0 Å². The van der Waals surface area contributed by atoms with Crippen LogP contribution < -0.4 is 10.6 Å². The Morgan fingerprint density at radius 2 is 2.20 bits per heavy atom. The first-order valence-corrected chi connectivity index (χ1v) is 6.10. The van der Waals surface area contributed by atoms with Crippen LogP contribution in [0.3, 0.4) is 0 Å². The van der Waals surface area contributed by atoms with Crippen molar-refractivity contribution in [3.63, 3.8) is 0 Å². The molecule has 0 saturated carbocycles. The monoisotopic (exact) mass is 289 g/mol. The third-order valence-electron chi connectivity index (χ3n) is 3.38. The second-order valence-electron chi connectivity index (χ2n) is 4.73. The highest BCUT2D eigenvalue weighted by Gasteiger charge is 2.42. The van der Waals surface area contributed by atoms with E-state index < -0.39 is 18.1 Å². The van der Waals surface area contributed by atoms with Gasteiger partial charge in [0.25, 0.3) is 0 Å². The van der Waals surface area contributed by atoms with Gasteiger partial charge in [-0.3, -0.25) is 0 Å². The molecule has 1 aliphatic rings. The van der Waals surface area contributed by atoms with E-state index in [0.717, 1.165) is 0 Å². The summed E-state index contributed by atoms with van der Waals surface area (Å²) >= 11 is 0. The summed E-state index contributed by atoms with van der Waals surface area (Å²) in [6.45, 7) is 0.136. The van der Waals surface area contributed by atoms with Gasteiger partial charge in [-0.05, 0) is 18.9 Å². The molecule has 1 fully saturated rings. The number of anilines is 2. The molecular formula is C12H14F3N3O2. The molecule has 1 aromatic rings. The Balaban J connectivity index is 2.28. The number of nitrogens with two attached hydrogens (primary N) is 1. The summed E-state index contributed by atoms with van der Waals surface area (Å²) in [4.78, 5) is 16.3. The second-order valence-corrected chi connectivity index (χ2v) is 4.73. The summed E-state index contributed by atoms with van der Waals surface area (Å²) in [6.07, 6.45) is -2.59.